The number of nitrogens with one attached hydrogen (secondary N) is 3. The highest BCUT2D eigenvalue weighted by Crippen LogP contribution is 2.28. The molecule has 0 aromatic heterocycles. The molecule has 1 aliphatic carbocycles. The molecule has 2 aliphatic rings. The van der Waals surface area contributed by atoms with Gasteiger partial charge in [-0.3, -0.25) is 9.79 Å². The van der Waals surface area contributed by atoms with E-state index in [0.29, 0.717) is 19.1 Å². The predicted octanol–water partition coefficient (Wildman–Crippen LogP) is 2.34. The highest BCUT2D eigenvalue weighted by Gasteiger charge is 2.29. The van der Waals surface area contributed by atoms with Crippen LogP contribution < -0.4 is 20.9 Å². The fourth-order valence-electron chi connectivity index (χ4n) is 3.01. The van der Waals surface area contributed by atoms with Gasteiger partial charge < -0.3 is 20.9 Å². The van der Waals surface area contributed by atoms with Crippen molar-refractivity contribution in [3.63, 3.8) is 0 Å². The third-order valence-electron chi connectivity index (χ3n) is 4.61. The van der Waals surface area contributed by atoms with Crippen molar-refractivity contribution in [3.05, 3.63) is 28.7 Å². The van der Waals surface area contributed by atoms with Crippen molar-refractivity contribution in [1.82, 2.24) is 16.0 Å². The Morgan fingerprint density at radius 1 is 1.19 bits per heavy atom. The van der Waals surface area contributed by atoms with E-state index in [1.165, 1.54) is 5.69 Å². The smallest absolute Gasteiger partial charge is 0.223 e. The molecule has 1 atom stereocenters. The molecule has 1 aliphatic heterocycles. The van der Waals surface area contributed by atoms with Crippen LogP contribution in [-0.4, -0.2) is 51.1 Å². The summed E-state index contributed by atoms with van der Waals surface area (Å²) in [6.45, 7) is 3.31. The molecule has 0 radical (unpaired) electrons. The monoisotopic (exact) mass is 535 g/mol. The highest BCUT2D eigenvalue weighted by molar-refractivity contribution is 14.0. The number of guanidine groups is 1. The summed E-state index contributed by atoms with van der Waals surface area (Å²) >= 11 is 3.48. The molecule has 1 saturated carbocycles. The Morgan fingerprint density at radius 3 is 2.54 bits per heavy atom. The molecule has 1 saturated heterocycles. The zero-order valence-corrected chi connectivity index (χ0v) is 18.9. The van der Waals surface area contributed by atoms with E-state index < -0.39 is 0 Å². The number of hydrogen-bond donors (Lipinski definition) is 3. The fraction of sp³-hybridized carbons (Fsp3) is 0.556. The number of hydrogen-bond acceptors (Lipinski definition) is 3. The third kappa shape index (κ3) is 6.29. The minimum Gasteiger partial charge on any atom is -0.369 e. The molecule has 144 valence electrons. The summed E-state index contributed by atoms with van der Waals surface area (Å²) in [5.74, 6) is 1.24. The van der Waals surface area contributed by atoms with E-state index in [-0.39, 0.29) is 35.8 Å². The maximum Gasteiger partial charge on any atom is 0.223 e. The lowest BCUT2D eigenvalue weighted by Crippen LogP contribution is -2.46. The van der Waals surface area contributed by atoms with Crippen molar-refractivity contribution < 1.29 is 4.79 Å². The van der Waals surface area contributed by atoms with Crippen molar-refractivity contribution in [2.75, 3.05) is 38.1 Å². The van der Waals surface area contributed by atoms with Gasteiger partial charge in [-0.25, -0.2) is 0 Å². The molecule has 26 heavy (non-hydrogen) atoms. The first-order valence-corrected chi connectivity index (χ1v) is 9.70. The first-order valence-electron chi connectivity index (χ1n) is 8.91. The van der Waals surface area contributed by atoms with E-state index in [2.05, 4.69) is 66.0 Å². The van der Waals surface area contributed by atoms with Gasteiger partial charge in [0.25, 0.3) is 0 Å². The zero-order valence-electron chi connectivity index (χ0n) is 15.0. The average molecular weight is 536 g/mol. The van der Waals surface area contributed by atoms with Crippen LogP contribution in [0.2, 0.25) is 0 Å². The first-order chi connectivity index (χ1) is 12.2. The molecule has 0 spiro atoms. The summed E-state index contributed by atoms with van der Waals surface area (Å²) in [4.78, 5) is 18.3. The van der Waals surface area contributed by atoms with Gasteiger partial charge in [0, 0.05) is 55.3 Å². The number of amides is 1. The summed E-state index contributed by atoms with van der Waals surface area (Å²) in [6, 6.07) is 8.80. The van der Waals surface area contributed by atoms with Crippen molar-refractivity contribution in [3.8, 4) is 0 Å². The lowest BCUT2D eigenvalue weighted by atomic mass is 10.3. The Balaban J connectivity index is 0.00000243. The van der Waals surface area contributed by atoms with Gasteiger partial charge in [-0.2, -0.15) is 0 Å². The topological polar surface area (TPSA) is 68.8 Å². The molecule has 1 aromatic carbocycles. The minimum absolute atomic E-state index is 0. The summed E-state index contributed by atoms with van der Waals surface area (Å²) < 4.78 is 1.10. The summed E-state index contributed by atoms with van der Waals surface area (Å²) in [5, 5.41) is 9.70. The third-order valence-corrected chi connectivity index (χ3v) is 5.14. The van der Waals surface area contributed by atoms with Crippen LogP contribution in [0, 0.1) is 5.92 Å². The van der Waals surface area contributed by atoms with E-state index in [0.717, 1.165) is 42.8 Å². The number of nitrogens with zero attached hydrogens (tertiary/aromatic N) is 2. The van der Waals surface area contributed by atoms with Gasteiger partial charge in [-0.05, 0) is 43.5 Å². The number of benzene rings is 1. The molecular formula is C18H27BrIN5O. The summed E-state index contributed by atoms with van der Waals surface area (Å²) in [6.07, 6.45) is 3.16. The number of anilines is 1. The SMILES string of the molecule is CN=C(NCCNC(=O)C1CC1)NC1CCN(c2ccc(Br)cc2)C1.I. The summed E-state index contributed by atoms with van der Waals surface area (Å²) in [5.41, 5.74) is 1.25. The van der Waals surface area contributed by atoms with Crippen molar-refractivity contribution in [2.45, 2.75) is 25.3 Å². The van der Waals surface area contributed by atoms with Gasteiger partial charge in [-0.1, -0.05) is 15.9 Å². The van der Waals surface area contributed by atoms with Gasteiger partial charge in [0.1, 0.15) is 0 Å². The quantitative estimate of drug-likeness (QED) is 0.226. The van der Waals surface area contributed by atoms with Crippen LogP contribution in [0.25, 0.3) is 0 Å². The summed E-state index contributed by atoms with van der Waals surface area (Å²) in [7, 11) is 1.78. The highest BCUT2D eigenvalue weighted by atomic mass is 127. The van der Waals surface area contributed by atoms with Gasteiger partial charge in [0.2, 0.25) is 5.91 Å². The number of rotatable bonds is 6. The molecule has 3 rings (SSSR count). The Bertz CT molecular complexity index is 621. The number of halogens is 2. The maximum absolute atomic E-state index is 11.6. The van der Waals surface area contributed by atoms with Crippen molar-refractivity contribution in [2.24, 2.45) is 10.9 Å². The van der Waals surface area contributed by atoms with Crippen molar-refractivity contribution >= 4 is 57.5 Å². The number of carbonyl (C=O) groups excluding carboxylic acids is 1. The van der Waals surface area contributed by atoms with Crippen LogP contribution in [0.3, 0.4) is 0 Å². The second kappa shape index (κ2) is 10.3. The van der Waals surface area contributed by atoms with Gasteiger partial charge >= 0.3 is 0 Å². The maximum atomic E-state index is 11.6. The van der Waals surface area contributed by atoms with Crippen LogP contribution in [-0.2, 0) is 4.79 Å². The van der Waals surface area contributed by atoms with Gasteiger partial charge in [-0.15, -0.1) is 24.0 Å². The second-order valence-electron chi connectivity index (χ2n) is 6.62. The number of aliphatic imine (C=N–C) groups is 1. The molecule has 3 N–H and O–H groups in total. The second-order valence-corrected chi connectivity index (χ2v) is 7.53. The van der Waals surface area contributed by atoms with E-state index in [9.17, 15) is 4.79 Å². The minimum atomic E-state index is 0. The lowest BCUT2D eigenvalue weighted by Gasteiger charge is -2.20. The van der Waals surface area contributed by atoms with E-state index in [1.54, 1.807) is 7.05 Å². The van der Waals surface area contributed by atoms with E-state index in [4.69, 9.17) is 0 Å². The predicted molar refractivity (Wildman–Crippen MR) is 120 cm³/mol. The van der Waals surface area contributed by atoms with Crippen LogP contribution in [0.5, 0.6) is 0 Å². The van der Waals surface area contributed by atoms with Crippen LogP contribution >= 0.6 is 39.9 Å². The molecule has 8 heteroatoms. The van der Waals surface area contributed by atoms with E-state index >= 15 is 0 Å². The standard InChI is InChI=1S/C18H26BrN5O.HI/c1-20-18(22-10-9-21-17(25)13-2-3-13)23-15-8-11-24(12-15)16-6-4-14(19)5-7-16;/h4-7,13,15H,2-3,8-12H2,1H3,(H,21,25)(H2,20,22,23);1H. The molecule has 1 heterocycles. The number of carbonyl (C=O) groups is 1. The molecule has 0 bridgehead atoms. The van der Waals surface area contributed by atoms with Crippen LogP contribution in [0.15, 0.2) is 33.7 Å². The Kier molecular flexibility index (Phi) is 8.46. The Hall–Kier alpha value is -1.03. The Morgan fingerprint density at radius 2 is 1.88 bits per heavy atom. The van der Waals surface area contributed by atoms with Gasteiger partial charge in [0.15, 0.2) is 5.96 Å². The molecule has 2 fully saturated rings. The van der Waals surface area contributed by atoms with Crippen LogP contribution in [0.1, 0.15) is 19.3 Å². The fourth-order valence-corrected chi connectivity index (χ4v) is 3.27. The Labute approximate surface area is 180 Å². The normalized spacial score (nSPS) is 19.7. The molecule has 1 aromatic rings. The average Bonchev–Trinajstić information content (AvgIpc) is 3.37. The molecule has 6 nitrogen and oxygen atoms in total. The molecular weight excluding hydrogens is 509 g/mol. The van der Waals surface area contributed by atoms with Crippen LogP contribution in [0.4, 0.5) is 5.69 Å². The molecule has 1 unspecified atom stereocenters. The van der Waals surface area contributed by atoms with Crippen molar-refractivity contribution in [1.29, 1.82) is 0 Å². The van der Waals surface area contributed by atoms with E-state index in [1.807, 2.05) is 0 Å². The zero-order chi connectivity index (χ0) is 17.6. The first kappa shape index (κ1) is 21.3. The molecule has 1 amide bonds. The largest absolute Gasteiger partial charge is 0.369 e. The van der Waals surface area contributed by atoms with Gasteiger partial charge in [0.05, 0.1) is 0 Å². The lowest BCUT2D eigenvalue weighted by molar-refractivity contribution is -0.122.